The molecule has 208 valence electrons. The molecule has 0 aliphatic carbocycles. The molecule has 4 N–H and O–H groups in total. The Morgan fingerprint density at radius 3 is 2.49 bits per heavy atom. The van der Waals surface area contributed by atoms with Gasteiger partial charge in [0, 0.05) is 5.56 Å². The Bertz CT molecular complexity index is 1240. The zero-order valence-corrected chi connectivity index (χ0v) is 22.4. The molecule has 2 aliphatic heterocycles. The van der Waals surface area contributed by atoms with Gasteiger partial charge in [-0.3, -0.25) is 14.4 Å². The van der Waals surface area contributed by atoms with Crippen LogP contribution in [0.2, 0.25) is 5.82 Å². The summed E-state index contributed by atoms with van der Waals surface area (Å²) < 4.78 is 16.4. The van der Waals surface area contributed by atoms with Crippen LogP contribution in [0.4, 0.5) is 0 Å². The molecule has 2 saturated heterocycles. The summed E-state index contributed by atoms with van der Waals surface area (Å²) in [6, 6.07) is 12.2. The summed E-state index contributed by atoms with van der Waals surface area (Å²) in [5.41, 5.74) is 1.52. The fraction of sp³-hybridized carbons (Fsp3) is 0.444. The van der Waals surface area contributed by atoms with Gasteiger partial charge in [-0.05, 0) is 37.2 Å². The van der Waals surface area contributed by atoms with E-state index in [1.54, 1.807) is 17.4 Å². The van der Waals surface area contributed by atoms with Crippen molar-refractivity contribution in [2.75, 3.05) is 7.11 Å². The molecule has 2 aromatic rings. The van der Waals surface area contributed by atoms with E-state index in [0.717, 1.165) is 5.56 Å². The maximum absolute atomic E-state index is 13.5. The van der Waals surface area contributed by atoms with Crippen LogP contribution in [0.1, 0.15) is 44.1 Å². The summed E-state index contributed by atoms with van der Waals surface area (Å²) >= 11 is 0. The number of hydrogen-bond acceptors (Lipinski definition) is 9. The van der Waals surface area contributed by atoms with Gasteiger partial charge in [-0.15, -0.1) is 0 Å². The zero-order valence-electron chi connectivity index (χ0n) is 22.4. The number of Topliss-reactive ketones (excluding diaryl/α,β-unsaturated/α-hetero) is 1. The molecule has 2 bridgehead atoms. The molecule has 0 spiro atoms. The predicted octanol–water partition coefficient (Wildman–Crippen LogP) is 0.603. The number of nitrogens with two attached hydrogens (primary N) is 1. The molecule has 39 heavy (non-hydrogen) atoms. The summed E-state index contributed by atoms with van der Waals surface area (Å²) in [7, 11) is 1.22. The second-order valence-electron chi connectivity index (χ2n) is 10.6. The number of aliphatic hydroxyl groups is 1. The van der Waals surface area contributed by atoms with E-state index < -0.39 is 60.4 Å². The first-order valence-electron chi connectivity index (χ1n) is 13.1. The summed E-state index contributed by atoms with van der Waals surface area (Å²) in [6.45, 7) is 2.90. The highest BCUT2D eigenvalue weighted by Crippen LogP contribution is 2.38. The van der Waals surface area contributed by atoms with Gasteiger partial charge in [-0.1, -0.05) is 56.7 Å². The molecule has 1 aromatic heterocycles. The summed E-state index contributed by atoms with van der Waals surface area (Å²) in [5.74, 6) is -2.86. The number of carbonyl (C=O) groups excluding carboxylic acids is 4. The zero-order chi connectivity index (χ0) is 28.3. The molecule has 4 rings (SSSR count). The number of quaternary nitrogens is 1. The molecular formula is C27H34BN3O8. The monoisotopic (exact) mass is 539 g/mol. The first-order valence-corrected chi connectivity index (χ1v) is 13.1. The van der Waals surface area contributed by atoms with Crippen molar-refractivity contribution in [2.45, 2.75) is 63.7 Å². The number of fused-ring (bicyclic) bond motifs is 2. The Balaban J connectivity index is 1.52. The number of pyridine rings is 1. The minimum atomic E-state index is -2.41. The average molecular weight is 539 g/mol. The molecular weight excluding hydrogens is 505 g/mol. The first-order chi connectivity index (χ1) is 18.5. The molecule has 2 fully saturated rings. The van der Waals surface area contributed by atoms with Gasteiger partial charge in [0.1, 0.15) is 11.7 Å². The van der Waals surface area contributed by atoms with Crippen LogP contribution in [0.5, 0.6) is 0 Å². The van der Waals surface area contributed by atoms with Gasteiger partial charge in [0.2, 0.25) is 0 Å². The van der Waals surface area contributed by atoms with Crippen molar-refractivity contribution in [2.24, 2.45) is 5.92 Å². The third kappa shape index (κ3) is 6.03. The number of nitrogens with zero attached hydrogens (tertiary/aromatic N) is 1. The van der Waals surface area contributed by atoms with Gasteiger partial charge in [-0.2, -0.15) is 0 Å². The number of ketones is 1. The maximum atomic E-state index is 13.5. The van der Waals surface area contributed by atoms with E-state index >= 15 is 0 Å². The van der Waals surface area contributed by atoms with E-state index in [2.05, 4.69) is 10.3 Å². The summed E-state index contributed by atoms with van der Waals surface area (Å²) in [6.07, 6.45) is -2.04. The smallest absolute Gasteiger partial charge is 0.529 e. The molecule has 11 nitrogen and oxygen atoms in total. The van der Waals surface area contributed by atoms with Crippen LogP contribution in [-0.2, 0) is 28.4 Å². The highest BCUT2D eigenvalue weighted by atomic mass is 16.7. The van der Waals surface area contributed by atoms with Gasteiger partial charge in [0.05, 0.1) is 18.9 Å². The minimum absolute atomic E-state index is 0.0931. The highest BCUT2D eigenvalue weighted by Gasteiger charge is 2.66. The number of hydrogen-bond donors (Lipinski definition) is 3. The van der Waals surface area contributed by atoms with Gasteiger partial charge in [-0.25, -0.2) is 9.78 Å². The van der Waals surface area contributed by atoms with Crippen LogP contribution in [0.15, 0.2) is 48.5 Å². The van der Waals surface area contributed by atoms with Crippen LogP contribution < -0.4 is 10.5 Å². The van der Waals surface area contributed by atoms with Gasteiger partial charge >= 0.3 is 12.7 Å². The lowest BCUT2D eigenvalue weighted by Gasteiger charge is -2.37. The molecule has 0 radical (unpaired) electrons. The van der Waals surface area contributed by atoms with E-state index in [4.69, 9.17) is 14.0 Å². The van der Waals surface area contributed by atoms with E-state index in [1.165, 1.54) is 20.1 Å². The number of nitrogens with one attached hydrogen (secondary N) is 1. The second kappa shape index (κ2) is 11.6. The average Bonchev–Trinajstić information content (AvgIpc) is 3.47. The fourth-order valence-corrected chi connectivity index (χ4v) is 5.41. The van der Waals surface area contributed by atoms with Crippen molar-refractivity contribution in [1.29, 1.82) is 0 Å². The van der Waals surface area contributed by atoms with Gasteiger partial charge in [0.15, 0.2) is 17.9 Å². The van der Waals surface area contributed by atoms with Crippen LogP contribution in [-0.4, -0.2) is 71.8 Å². The number of ether oxygens (including phenoxy) is 1. The minimum Gasteiger partial charge on any atom is -0.613 e. The van der Waals surface area contributed by atoms with E-state index in [9.17, 15) is 24.3 Å². The number of benzene rings is 1. The van der Waals surface area contributed by atoms with Crippen molar-refractivity contribution in [1.82, 2.24) is 10.3 Å². The van der Waals surface area contributed by atoms with E-state index in [-0.39, 0.29) is 18.0 Å². The molecule has 1 aromatic carbocycles. The first kappa shape index (κ1) is 28.4. The number of amides is 1. The summed E-state index contributed by atoms with van der Waals surface area (Å²) in [4.78, 5) is 55.8. The number of methoxy groups -OCH3 is 1. The topological polar surface area (TPSA) is 158 Å². The standard InChI is InChI=1S/C27H34BN3O8/c1-15(2)13-18(28-31-23(26(35)37-4)24(38-28)27(36)39-28)14-21(33)22(16(3)32)30-25(34)20-12-8-11-19(29-20)17-9-6-5-7-10-17/h5-12,15-16,18,22-24,32H,13-14,31H2,1-4H3,(H,30,34)/t16-,18-,22+,23-,24-,28?/m1/s1. The quantitative estimate of drug-likeness (QED) is 0.275. The Labute approximate surface area is 226 Å². The van der Waals surface area contributed by atoms with E-state index in [0.29, 0.717) is 12.1 Å². The van der Waals surface area contributed by atoms with Crippen LogP contribution >= 0.6 is 0 Å². The van der Waals surface area contributed by atoms with Crippen molar-refractivity contribution in [3.8, 4) is 11.3 Å². The number of rotatable bonds is 11. The Hall–Kier alpha value is -3.61. The molecule has 12 heteroatoms. The molecule has 3 heterocycles. The maximum Gasteiger partial charge on any atom is 0.529 e. The van der Waals surface area contributed by atoms with Crippen LogP contribution in [0.3, 0.4) is 0 Å². The van der Waals surface area contributed by atoms with Crippen molar-refractivity contribution < 1.29 is 43.6 Å². The Morgan fingerprint density at radius 1 is 1.13 bits per heavy atom. The second-order valence-corrected chi connectivity index (χ2v) is 10.6. The van der Waals surface area contributed by atoms with Gasteiger partial charge < -0.3 is 29.7 Å². The largest absolute Gasteiger partial charge is 0.613 e. The van der Waals surface area contributed by atoms with Crippen LogP contribution in [0.25, 0.3) is 11.3 Å². The van der Waals surface area contributed by atoms with E-state index in [1.807, 2.05) is 44.2 Å². The molecule has 6 atom stereocenters. The molecule has 2 aliphatic rings. The van der Waals surface area contributed by atoms with Crippen molar-refractivity contribution in [3.05, 3.63) is 54.2 Å². The molecule has 1 amide bonds. The van der Waals surface area contributed by atoms with Crippen LogP contribution in [0, 0.1) is 5.92 Å². The lowest BCUT2D eigenvalue weighted by atomic mass is 9.54. The summed E-state index contributed by atoms with van der Waals surface area (Å²) in [5, 5.41) is 14.6. The molecule has 1 unspecified atom stereocenters. The lowest BCUT2D eigenvalue weighted by molar-refractivity contribution is -0.569. The third-order valence-electron chi connectivity index (χ3n) is 7.23. The predicted molar refractivity (Wildman–Crippen MR) is 140 cm³/mol. The number of carbonyl (C=O) groups is 4. The SMILES string of the molecule is COC(=O)[C@@H]1[NH2+][B-]2([C@@H](CC(=O)[C@@H](NC(=O)c3cccc(-c4ccccc4)n3)[C@@H](C)O)CC(C)C)OC(=O)[C@@H]1O2. The lowest BCUT2D eigenvalue weighted by Crippen LogP contribution is -3.06. The molecule has 0 saturated carbocycles. The van der Waals surface area contributed by atoms with Crippen molar-refractivity contribution >= 4 is 30.3 Å². The highest BCUT2D eigenvalue weighted by molar-refractivity contribution is 6.64. The Kier molecular flexibility index (Phi) is 8.48. The number of aliphatic hydroxyl groups excluding tert-OH is 1. The third-order valence-corrected chi connectivity index (χ3v) is 7.23. The number of aromatic nitrogens is 1. The van der Waals surface area contributed by atoms with Crippen molar-refractivity contribution in [3.63, 3.8) is 0 Å². The Morgan fingerprint density at radius 2 is 1.85 bits per heavy atom. The normalized spacial score (nSPS) is 24.1. The fourth-order valence-electron chi connectivity index (χ4n) is 5.41. The number of esters is 1. The van der Waals surface area contributed by atoms with Gasteiger partial charge in [0.25, 0.3) is 11.9 Å².